The number of benzene rings is 1. The Morgan fingerprint density at radius 3 is 2.73 bits per heavy atom. The fraction of sp³-hybridized carbons (Fsp3) is 0.143. The Morgan fingerprint density at radius 1 is 1.55 bits per heavy atom. The maximum atomic E-state index is 13.1. The van der Waals surface area contributed by atoms with Gasteiger partial charge in [-0.3, -0.25) is 5.84 Å². The van der Waals surface area contributed by atoms with Gasteiger partial charge in [0.05, 0.1) is 10.2 Å². The quantitative estimate of drug-likeness (QED) is 0.561. The Bertz CT molecular complexity index is 275. The third kappa shape index (κ3) is 1.52. The Morgan fingerprint density at radius 2 is 2.18 bits per heavy atom. The van der Waals surface area contributed by atoms with Crippen LogP contribution < -0.4 is 11.3 Å². The molecule has 0 aromatic heterocycles. The molecule has 60 valence electrons. The molecule has 0 fully saturated rings. The second kappa shape index (κ2) is 3.19. The zero-order valence-electron chi connectivity index (χ0n) is 5.99. The van der Waals surface area contributed by atoms with Crippen LogP contribution in [0.1, 0.15) is 5.56 Å². The molecule has 0 spiro atoms. The molecule has 0 amide bonds. The first-order valence-electron chi connectivity index (χ1n) is 3.08. The van der Waals surface area contributed by atoms with Crippen molar-refractivity contribution < 1.29 is 4.39 Å². The molecule has 2 nitrogen and oxygen atoms in total. The van der Waals surface area contributed by atoms with Crippen LogP contribution in [-0.2, 0) is 0 Å². The molecule has 1 rings (SSSR count). The zero-order valence-corrected chi connectivity index (χ0v) is 7.57. The van der Waals surface area contributed by atoms with E-state index in [2.05, 4.69) is 21.4 Å². The summed E-state index contributed by atoms with van der Waals surface area (Å²) in [5.74, 6) is 4.70. The Balaban J connectivity index is 3.25. The number of hydrogen-bond acceptors (Lipinski definition) is 2. The Labute approximate surface area is 72.7 Å². The van der Waals surface area contributed by atoms with Crippen LogP contribution in [0.25, 0.3) is 0 Å². The summed E-state index contributed by atoms with van der Waals surface area (Å²) >= 11 is 3.10. The monoisotopic (exact) mass is 218 g/mol. The van der Waals surface area contributed by atoms with Crippen LogP contribution >= 0.6 is 15.9 Å². The lowest BCUT2D eigenvalue weighted by Crippen LogP contribution is -2.08. The number of nitrogen functional groups attached to an aromatic ring is 1. The van der Waals surface area contributed by atoms with E-state index in [0.29, 0.717) is 10.2 Å². The smallest absolute Gasteiger partial charge is 0.162 e. The van der Waals surface area contributed by atoms with Crippen LogP contribution in [-0.4, -0.2) is 0 Å². The summed E-state index contributed by atoms with van der Waals surface area (Å²) in [6.07, 6.45) is 0. The number of nitrogens with one attached hydrogen (secondary N) is 1. The van der Waals surface area contributed by atoms with Gasteiger partial charge in [-0.15, -0.1) is 0 Å². The van der Waals surface area contributed by atoms with Gasteiger partial charge in [0, 0.05) is 0 Å². The van der Waals surface area contributed by atoms with Crippen LogP contribution in [0.15, 0.2) is 16.6 Å². The van der Waals surface area contributed by atoms with Crippen molar-refractivity contribution in [1.82, 2.24) is 0 Å². The summed E-state index contributed by atoms with van der Waals surface area (Å²) in [4.78, 5) is 0. The summed E-state index contributed by atoms with van der Waals surface area (Å²) in [5.41, 5.74) is 3.40. The van der Waals surface area contributed by atoms with Gasteiger partial charge in [0.25, 0.3) is 0 Å². The van der Waals surface area contributed by atoms with Crippen molar-refractivity contribution in [2.75, 3.05) is 5.43 Å². The van der Waals surface area contributed by atoms with Gasteiger partial charge in [0.2, 0.25) is 0 Å². The number of halogens is 2. The average Bonchev–Trinajstić information content (AvgIpc) is 2.01. The van der Waals surface area contributed by atoms with E-state index in [1.165, 1.54) is 0 Å². The van der Waals surface area contributed by atoms with E-state index in [9.17, 15) is 4.39 Å². The molecule has 0 saturated heterocycles. The number of anilines is 1. The second-order valence-electron chi connectivity index (χ2n) is 2.20. The first-order valence-corrected chi connectivity index (χ1v) is 3.87. The molecule has 1 aromatic rings. The van der Waals surface area contributed by atoms with E-state index in [1.807, 2.05) is 6.92 Å². The van der Waals surface area contributed by atoms with Crippen LogP contribution in [0.3, 0.4) is 0 Å². The van der Waals surface area contributed by atoms with E-state index in [-0.39, 0.29) is 5.82 Å². The first-order chi connectivity index (χ1) is 5.16. The highest BCUT2D eigenvalue weighted by molar-refractivity contribution is 9.10. The Hall–Kier alpha value is -0.610. The topological polar surface area (TPSA) is 38.0 Å². The Kier molecular flexibility index (Phi) is 2.46. The van der Waals surface area contributed by atoms with Crippen molar-refractivity contribution in [2.45, 2.75) is 6.92 Å². The van der Waals surface area contributed by atoms with Gasteiger partial charge in [0.1, 0.15) is 0 Å². The maximum Gasteiger partial charge on any atom is 0.162 e. The lowest BCUT2D eigenvalue weighted by atomic mass is 10.2. The highest BCUT2D eigenvalue weighted by Gasteiger charge is 2.06. The van der Waals surface area contributed by atoms with Crippen molar-refractivity contribution in [2.24, 2.45) is 5.84 Å². The van der Waals surface area contributed by atoms with Crippen molar-refractivity contribution in [3.8, 4) is 0 Å². The van der Waals surface area contributed by atoms with Crippen molar-refractivity contribution >= 4 is 21.6 Å². The maximum absolute atomic E-state index is 13.1. The van der Waals surface area contributed by atoms with Gasteiger partial charge in [0.15, 0.2) is 5.82 Å². The molecular weight excluding hydrogens is 211 g/mol. The summed E-state index contributed by atoms with van der Waals surface area (Å²) in [6.45, 7) is 1.81. The van der Waals surface area contributed by atoms with Gasteiger partial charge in [-0.05, 0) is 34.5 Å². The van der Waals surface area contributed by atoms with Gasteiger partial charge in [-0.2, -0.15) is 0 Å². The highest BCUT2D eigenvalue weighted by atomic mass is 79.9. The average molecular weight is 219 g/mol. The van der Waals surface area contributed by atoms with Crippen molar-refractivity contribution in [3.63, 3.8) is 0 Å². The van der Waals surface area contributed by atoms with E-state index in [0.717, 1.165) is 5.56 Å². The molecule has 0 saturated carbocycles. The molecular formula is C7H8BrFN2. The minimum absolute atomic E-state index is 0.294. The van der Waals surface area contributed by atoms with Gasteiger partial charge in [-0.1, -0.05) is 6.07 Å². The molecule has 0 bridgehead atoms. The zero-order chi connectivity index (χ0) is 8.43. The molecule has 0 unspecified atom stereocenters. The molecule has 1 aromatic carbocycles. The van der Waals surface area contributed by atoms with Crippen LogP contribution in [0.5, 0.6) is 0 Å². The van der Waals surface area contributed by atoms with Crippen LogP contribution in [0, 0.1) is 12.7 Å². The lowest BCUT2D eigenvalue weighted by molar-refractivity contribution is 0.622. The van der Waals surface area contributed by atoms with Crippen molar-refractivity contribution in [1.29, 1.82) is 0 Å². The van der Waals surface area contributed by atoms with E-state index in [1.54, 1.807) is 12.1 Å². The number of hydrazine groups is 1. The normalized spacial score (nSPS) is 9.82. The van der Waals surface area contributed by atoms with Gasteiger partial charge in [-0.25, -0.2) is 4.39 Å². The summed E-state index contributed by atoms with van der Waals surface area (Å²) < 4.78 is 13.5. The molecule has 0 aliphatic rings. The van der Waals surface area contributed by atoms with Gasteiger partial charge < -0.3 is 5.43 Å². The molecule has 0 radical (unpaired) electrons. The largest absolute Gasteiger partial charge is 0.321 e. The fourth-order valence-electron chi connectivity index (χ4n) is 0.757. The SMILES string of the molecule is Cc1ccc(NN)c(F)c1Br. The third-order valence-electron chi connectivity index (χ3n) is 1.43. The summed E-state index contributed by atoms with van der Waals surface area (Å²) in [7, 11) is 0. The minimum Gasteiger partial charge on any atom is -0.321 e. The van der Waals surface area contributed by atoms with Crippen molar-refractivity contribution in [3.05, 3.63) is 28.0 Å². The predicted molar refractivity (Wildman–Crippen MR) is 46.6 cm³/mol. The summed E-state index contributed by atoms with van der Waals surface area (Å²) in [5, 5.41) is 0. The molecule has 11 heavy (non-hydrogen) atoms. The second-order valence-corrected chi connectivity index (χ2v) is 3.00. The highest BCUT2D eigenvalue weighted by Crippen LogP contribution is 2.25. The number of rotatable bonds is 1. The molecule has 0 aliphatic carbocycles. The fourth-order valence-corrected chi connectivity index (χ4v) is 1.10. The van der Waals surface area contributed by atoms with Gasteiger partial charge >= 0.3 is 0 Å². The predicted octanol–water partition coefficient (Wildman–Crippen LogP) is 2.18. The molecule has 0 aliphatic heterocycles. The molecule has 3 N–H and O–H groups in total. The van der Waals surface area contributed by atoms with Crippen LogP contribution in [0.2, 0.25) is 0 Å². The third-order valence-corrected chi connectivity index (χ3v) is 2.40. The molecule has 0 heterocycles. The van der Waals surface area contributed by atoms with E-state index in [4.69, 9.17) is 5.84 Å². The number of aryl methyl sites for hydroxylation is 1. The standard InChI is InChI=1S/C7H8BrFN2/c1-4-2-3-5(11-10)7(9)6(4)8/h2-3,11H,10H2,1H3. The van der Waals surface area contributed by atoms with E-state index >= 15 is 0 Å². The minimum atomic E-state index is -0.354. The summed E-state index contributed by atoms with van der Waals surface area (Å²) in [6, 6.07) is 3.37. The number of nitrogens with two attached hydrogens (primary N) is 1. The van der Waals surface area contributed by atoms with E-state index < -0.39 is 0 Å². The first kappa shape index (κ1) is 8.49. The molecule has 4 heteroatoms. The molecule has 0 atom stereocenters. The lowest BCUT2D eigenvalue weighted by Gasteiger charge is -2.04. The van der Waals surface area contributed by atoms with Crippen LogP contribution in [0.4, 0.5) is 10.1 Å². The number of hydrogen-bond donors (Lipinski definition) is 2.